The summed E-state index contributed by atoms with van der Waals surface area (Å²) in [6, 6.07) is 6.39. The van der Waals surface area contributed by atoms with Gasteiger partial charge in [0.15, 0.2) is 0 Å². The van der Waals surface area contributed by atoms with E-state index in [4.69, 9.17) is 11.6 Å². The number of alkyl halides is 1. The maximum absolute atomic E-state index is 6.02. The van der Waals surface area contributed by atoms with Gasteiger partial charge in [0.2, 0.25) is 0 Å². The summed E-state index contributed by atoms with van der Waals surface area (Å²) in [5.74, 6) is 0.854. The Morgan fingerprint density at radius 2 is 2.20 bits per heavy atom. The van der Waals surface area contributed by atoms with Gasteiger partial charge in [-0.2, -0.15) is 0 Å². The van der Waals surface area contributed by atoms with Crippen molar-refractivity contribution in [2.75, 3.05) is 5.33 Å². The van der Waals surface area contributed by atoms with Gasteiger partial charge < -0.3 is 0 Å². The van der Waals surface area contributed by atoms with Crippen LogP contribution in [0.4, 0.5) is 0 Å². The molecular weight excluding hydrogens is 272 g/mol. The number of aryl methyl sites for hydroxylation is 1. The molecule has 1 fully saturated rings. The van der Waals surface area contributed by atoms with E-state index in [9.17, 15) is 0 Å². The van der Waals surface area contributed by atoms with Crippen LogP contribution in [-0.4, -0.2) is 5.33 Å². The first kappa shape index (κ1) is 11.5. The summed E-state index contributed by atoms with van der Waals surface area (Å²) >= 11 is 9.66. The molecule has 2 heteroatoms. The highest BCUT2D eigenvalue weighted by Crippen LogP contribution is 2.55. The quantitative estimate of drug-likeness (QED) is 0.712. The summed E-state index contributed by atoms with van der Waals surface area (Å²) in [6.07, 6.45) is 2.53. The van der Waals surface area contributed by atoms with Crippen LogP contribution in [0.1, 0.15) is 24.5 Å². The molecule has 0 spiro atoms. The molecule has 2 atom stereocenters. The molecule has 2 rings (SSSR count). The van der Waals surface area contributed by atoms with Crippen molar-refractivity contribution in [1.82, 2.24) is 0 Å². The Balaban J connectivity index is 2.15. The van der Waals surface area contributed by atoms with E-state index in [0.29, 0.717) is 5.41 Å². The average Bonchev–Trinajstić information content (AvgIpc) is 2.84. The second kappa shape index (κ2) is 4.10. The van der Waals surface area contributed by atoms with Crippen molar-refractivity contribution in [3.05, 3.63) is 34.3 Å². The minimum atomic E-state index is 0.514. The molecule has 1 aliphatic carbocycles. The first-order valence-electron chi connectivity index (χ1n) is 5.38. The van der Waals surface area contributed by atoms with Crippen LogP contribution in [0.25, 0.3) is 0 Å². The van der Waals surface area contributed by atoms with Crippen molar-refractivity contribution in [2.24, 2.45) is 11.3 Å². The van der Waals surface area contributed by atoms with E-state index in [-0.39, 0.29) is 0 Å². The summed E-state index contributed by atoms with van der Waals surface area (Å²) in [5, 5.41) is 1.98. The Labute approximate surface area is 105 Å². The largest absolute Gasteiger partial charge is 0.0922 e. The smallest absolute Gasteiger partial charge is 0.0435 e. The number of benzene rings is 1. The van der Waals surface area contributed by atoms with Crippen molar-refractivity contribution in [3.63, 3.8) is 0 Å². The topological polar surface area (TPSA) is 0 Å². The van der Waals surface area contributed by atoms with Crippen LogP contribution in [0.15, 0.2) is 18.2 Å². The molecule has 1 aromatic carbocycles. The summed E-state index contributed by atoms with van der Waals surface area (Å²) in [4.78, 5) is 0. The molecule has 0 amide bonds. The van der Waals surface area contributed by atoms with Gasteiger partial charge in [0.25, 0.3) is 0 Å². The number of rotatable bonds is 3. The molecule has 0 N–H and O–H groups in total. The van der Waals surface area contributed by atoms with Crippen molar-refractivity contribution in [1.29, 1.82) is 0 Å². The first-order valence-corrected chi connectivity index (χ1v) is 6.88. The molecule has 82 valence electrons. The molecule has 2 unspecified atom stereocenters. The minimum absolute atomic E-state index is 0.514. The highest BCUT2D eigenvalue weighted by atomic mass is 79.9. The summed E-state index contributed by atoms with van der Waals surface area (Å²) in [6.45, 7) is 4.41. The van der Waals surface area contributed by atoms with Gasteiger partial charge in [0.05, 0.1) is 0 Å². The fraction of sp³-hybridized carbons (Fsp3) is 0.538. The Kier molecular flexibility index (Phi) is 3.14. The van der Waals surface area contributed by atoms with E-state index < -0.39 is 0 Å². The van der Waals surface area contributed by atoms with Gasteiger partial charge in [-0.1, -0.05) is 46.6 Å². The van der Waals surface area contributed by atoms with Crippen LogP contribution in [0.3, 0.4) is 0 Å². The molecular formula is C13H16BrCl. The molecule has 0 aromatic heterocycles. The Bertz CT molecular complexity index is 371. The zero-order chi connectivity index (χ0) is 11.1. The zero-order valence-electron chi connectivity index (χ0n) is 9.19. The lowest BCUT2D eigenvalue weighted by Gasteiger charge is -2.13. The van der Waals surface area contributed by atoms with Crippen LogP contribution < -0.4 is 0 Å². The predicted molar refractivity (Wildman–Crippen MR) is 69.9 cm³/mol. The Morgan fingerprint density at radius 3 is 2.67 bits per heavy atom. The van der Waals surface area contributed by atoms with E-state index in [2.05, 4.69) is 41.9 Å². The van der Waals surface area contributed by atoms with Gasteiger partial charge in [-0.15, -0.1) is 0 Å². The van der Waals surface area contributed by atoms with Crippen molar-refractivity contribution < 1.29 is 0 Å². The number of halogens is 2. The molecule has 0 heterocycles. The third-order valence-electron chi connectivity index (χ3n) is 3.64. The van der Waals surface area contributed by atoms with Crippen LogP contribution in [0, 0.1) is 18.3 Å². The van der Waals surface area contributed by atoms with Crippen molar-refractivity contribution in [3.8, 4) is 0 Å². The summed E-state index contributed by atoms with van der Waals surface area (Å²) in [5.41, 5.74) is 3.12. The maximum Gasteiger partial charge on any atom is 0.0435 e. The molecule has 0 saturated heterocycles. The van der Waals surface area contributed by atoms with Crippen LogP contribution >= 0.6 is 27.5 Å². The average molecular weight is 288 g/mol. The molecule has 0 aliphatic heterocycles. The van der Waals surface area contributed by atoms with E-state index >= 15 is 0 Å². The number of hydrogen-bond acceptors (Lipinski definition) is 0. The van der Waals surface area contributed by atoms with E-state index in [0.717, 1.165) is 16.3 Å². The molecule has 0 radical (unpaired) electrons. The maximum atomic E-state index is 6.02. The molecule has 0 nitrogen and oxygen atoms in total. The monoisotopic (exact) mass is 286 g/mol. The SMILES string of the molecule is Cc1cc(CC2(CBr)CC2C)ccc1Cl. The second-order valence-corrected chi connectivity index (χ2v) is 5.83. The van der Waals surface area contributed by atoms with E-state index in [1.807, 2.05) is 6.07 Å². The molecule has 1 saturated carbocycles. The Hall–Kier alpha value is -0.0100. The highest BCUT2D eigenvalue weighted by Gasteiger charge is 2.49. The van der Waals surface area contributed by atoms with Gasteiger partial charge in [-0.3, -0.25) is 0 Å². The minimum Gasteiger partial charge on any atom is -0.0922 e. The predicted octanol–water partition coefficient (Wildman–Crippen LogP) is 4.61. The van der Waals surface area contributed by atoms with Crippen LogP contribution in [0.5, 0.6) is 0 Å². The van der Waals surface area contributed by atoms with Gasteiger partial charge in [-0.25, -0.2) is 0 Å². The van der Waals surface area contributed by atoms with E-state index in [1.165, 1.54) is 24.0 Å². The first-order chi connectivity index (χ1) is 7.07. The summed E-state index contributed by atoms with van der Waals surface area (Å²) < 4.78 is 0. The third kappa shape index (κ3) is 2.24. The van der Waals surface area contributed by atoms with Crippen LogP contribution in [0.2, 0.25) is 5.02 Å². The summed E-state index contributed by atoms with van der Waals surface area (Å²) in [7, 11) is 0. The zero-order valence-corrected chi connectivity index (χ0v) is 11.5. The molecule has 15 heavy (non-hydrogen) atoms. The number of hydrogen-bond donors (Lipinski definition) is 0. The van der Waals surface area contributed by atoms with Gasteiger partial charge in [0, 0.05) is 10.4 Å². The van der Waals surface area contributed by atoms with Crippen LogP contribution in [-0.2, 0) is 6.42 Å². The fourth-order valence-electron chi connectivity index (χ4n) is 2.25. The lowest BCUT2D eigenvalue weighted by molar-refractivity contribution is 0.532. The lowest BCUT2D eigenvalue weighted by atomic mass is 9.95. The molecule has 0 bridgehead atoms. The standard InChI is InChI=1S/C13H16BrCl/c1-9-5-11(3-4-12(9)15)7-13(8-14)6-10(13)2/h3-5,10H,6-8H2,1-2H3. The third-order valence-corrected chi connectivity index (χ3v) is 5.18. The second-order valence-electron chi connectivity index (χ2n) is 4.86. The van der Waals surface area contributed by atoms with Gasteiger partial charge >= 0.3 is 0 Å². The molecule has 1 aromatic rings. The van der Waals surface area contributed by atoms with Crippen molar-refractivity contribution >= 4 is 27.5 Å². The van der Waals surface area contributed by atoms with E-state index in [1.54, 1.807) is 0 Å². The Morgan fingerprint density at radius 1 is 1.53 bits per heavy atom. The van der Waals surface area contributed by atoms with Crippen molar-refractivity contribution in [2.45, 2.75) is 26.7 Å². The lowest BCUT2D eigenvalue weighted by Crippen LogP contribution is -2.09. The highest BCUT2D eigenvalue weighted by molar-refractivity contribution is 9.09. The fourth-order valence-corrected chi connectivity index (χ4v) is 3.35. The van der Waals surface area contributed by atoms with Gasteiger partial charge in [-0.05, 0) is 48.3 Å². The van der Waals surface area contributed by atoms with Gasteiger partial charge in [0.1, 0.15) is 0 Å². The normalized spacial score (nSPS) is 29.2. The molecule has 1 aliphatic rings.